The minimum atomic E-state index is -0.322. The number of aromatic amines is 1. The maximum Gasteiger partial charge on any atom is 0.275 e. The Morgan fingerprint density at radius 3 is 2.62 bits per heavy atom. The minimum Gasteiger partial charge on any atom is -0.496 e. The molecule has 0 saturated heterocycles. The normalized spacial score (nSPS) is 10.4. The average Bonchev–Trinajstić information content (AvgIpc) is 3.15. The highest BCUT2D eigenvalue weighted by molar-refractivity contribution is 5.97. The molecule has 3 rings (SSSR count). The summed E-state index contributed by atoms with van der Waals surface area (Å²) in [5, 5.41) is 16.4. The minimum absolute atomic E-state index is 0.208. The summed E-state index contributed by atoms with van der Waals surface area (Å²) in [5.74, 6) is 0.784. The van der Waals surface area contributed by atoms with Gasteiger partial charge < -0.3 is 15.4 Å². The topological polar surface area (TPSA) is 91.9 Å². The Labute approximate surface area is 151 Å². The number of para-hydroxylation sites is 1. The second kappa shape index (κ2) is 8.15. The van der Waals surface area contributed by atoms with Gasteiger partial charge >= 0.3 is 0 Å². The van der Waals surface area contributed by atoms with E-state index in [2.05, 4.69) is 33.0 Å². The van der Waals surface area contributed by atoms with Crippen LogP contribution in [0.25, 0.3) is 0 Å². The molecule has 7 heteroatoms. The lowest BCUT2D eigenvalue weighted by atomic mass is 10.1. The Hall–Kier alpha value is -3.35. The van der Waals surface area contributed by atoms with Crippen molar-refractivity contribution in [2.45, 2.75) is 19.9 Å². The van der Waals surface area contributed by atoms with E-state index in [0.717, 1.165) is 23.4 Å². The van der Waals surface area contributed by atoms with Gasteiger partial charge in [-0.15, -0.1) is 10.2 Å². The van der Waals surface area contributed by atoms with Gasteiger partial charge in [-0.25, -0.2) is 0 Å². The van der Waals surface area contributed by atoms with Crippen LogP contribution in [-0.2, 0) is 13.0 Å². The third kappa shape index (κ3) is 4.00. The summed E-state index contributed by atoms with van der Waals surface area (Å²) in [4.78, 5) is 12.5. The smallest absolute Gasteiger partial charge is 0.275 e. The predicted octanol–water partition coefficient (Wildman–Crippen LogP) is 3.05. The monoisotopic (exact) mass is 351 g/mol. The molecule has 0 radical (unpaired) electrons. The average molecular weight is 351 g/mol. The second-order valence-corrected chi connectivity index (χ2v) is 5.69. The number of anilines is 2. The first kappa shape index (κ1) is 17.5. The molecule has 0 spiro atoms. The van der Waals surface area contributed by atoms with Crippen LogP contribution in [0.5, 0.6) is 5.75 Å². The summed E-state index contributed by atoms with van der Waals surface area (Å²) in [7, 11) is 1.60. The van der Waals surface area contributed by atoms with E-state index in [1.807, 2.05) is 48.5 Å². The number of aryl methyl sites for hydroxylation is 1. The van der Waals surface area contributed by atoms with Gasteiger partial charge in [0.25, 0.3) is 5.91 Å². The molecule has 0 atom stereocenters. The standard InChI is InChI=1S/C19H21N5O2/c1-3-13-8-10-15(11-9-13)21-18-17(22-24-23-18)19(25)20-12-14-6-4-5-7-16(14)26-2/h4-11H,3,12H2,1-2H3,(H,20,25)(H2,21,22,23,24). The number of amides is 1. The van der Waals surface area contributed by atoms with Crippen LogP contribution < -0.4 is 15.4 Å². The zero-order valence-corrected chi connectivity index (χ0v) is 14.7. The summed E-state index contributed by atoms with van der Waals surface area (Å²) in [6.07, 6.45) is 0.973. The molecule has 0 bridgehead atoms. The molecule has 1 amide bonds. The summed E-state index contributed by atoms with van der Waals surface area (Å²) < 4.78 is 5.29. The van der Waals surface area contributed by atoms with Crippen LogP contribution in [0.3, 0.4) is 0 Å². The van der Waals surface area contributed by atoms with Crippen molar-refractivity contribution in [3.63, 3.8) is 0 Å². The number of nitrogens with one attached hydrogen (secondary N) is 3. The molecule has 0 aliphatic rings. The fourth-order valence-corrected chi connectivity index (χ4v) is 2.55. The number of carbonyl (C=O) groups is 1. The number of rotatable bonds is 7. The van der Waals surface area contributed by atoms with Crippen LogP contribution in [0.15, 0.2) is 48.5 Å². The Kier molecular flexibility index (Phi) is 5.48. The number of ether oxygens (including phenoxy) is 1. The SMILES string of the molecule is CCc1ccc(Nc2n[nH]nc2C(=O)NCc2ccccc2OC)cc1. The molecule has 134 valence electrons. The maximum absolute atomic E-state index is 12.5. The number of H-pyrrole nitrogens is 1. The quantitative estimate of drug-likeness (QED) is 0.608. The second-order valence-electron chi connectivity index (χ2n) is 5.69. The highest BCUT2D eigenvalue weighted by Gasteiger charge is 2.17. The first-order chi connectivity index (χ1) is 12.7. The molecule has 0 aliphatic heterocycles. The molecule has 2 aromatic carbocycles. The summed E-state index contributed by atoms with van der Waals surface area (Å²) in [6, 6.07) is 15.5. The van der Waals surface area contributed by atoms with Gasteiger partial charge in [0, 0.05) is 17.8 Å². The van der Waals surface area contributed by atoms with E-state index in [1.165, 1.54) is 5.56 Å². The number of nitrogens with zero attached hydrogens (tertiary/aromatic N) is 2. The first-order valence-corrected chi connectivity index (χ1v) is 8.38. The number of carbonyl (C=O) groups excluding carboxylic acids is 1. The number of aromatic nitrogens is 3. The fraction of sp³-hybridized carbons (Fsp3) is 0.211. The van der Waals surface area contributed by atoms with Crippen LogP contribution >= 0.6 is 0 Å². The molecule has 0 fully saturated rings. The van der Waals surface area contributed by atoms with Crippen molar-refractivity contribution >= 4 is 17.4 Å². The molecular weight excluding hydrogens is 330 g/mol. The largest absolute Gasteiger partial charge is 0.496 e. The van der Waals surface area contributed by atoms with Crippen molar-refractivity contribution in [3.05, 3.63) is 65.4 Å². The van der Waals surface area contributed by atoms with Gasteiger partial charge in [0.1, 0.15) is 5.75 Å². The molecule has 26 heavy (non-hydrogen) atoms. The van der Waals surface area contributed by atoms with Gasteiger partial charge in [-0.2, -0.15) is 5.21 Å². The van der Waals surface area contributed by atoms with Crippen molar-refractivity contribution in [2.75, 3.05) is 12.4 Å². The van der Waals surface area contributed by atoms with Gasteiger partial charge in [-0.3, -0.25) is 4.79 Å². The molecular formula is C19H21N5O2. The van der Waals surface area contributed by atoms with Crippen molar-refractivity contribution in [2.24, 2.45) is 0 Å². The van der Waals surface area contributed by atoms with Gasteiger partial charge in [0.15, 0.2) is 11.5 Å². The fourth-order valence-electron chi connectivity index (χ4n) is 2.55. The van der Waals surface area contributed by atoms with E-state index in [0.29, 0.717) is 12.4 Å². The highest BCUT2D eigenvalue weighted by Crippen LogP contribution is 2.19. The third-order valence-electron chi connectivity index (χ3n) is 4.02. The van der Waals surface area contributed by atoms with Crippen molar-refractivity contribution in [1.82, 2.24) is 20.7 Å². The van der Waals surface area contributed by atoms with Crippen LogP contribution in [0.2, 0.25) is 0 Å². The zero-order chi connectivity index (χ0) is 18.4. The van der Waals surface area contributed by atoms with Crippen LogP contribution in [0.1, 0.15) is 28.5 Å². The summed E-state index contributed by atoms with van der Waals surface area (Å²) >= 11 is 0. The molecule has 0 unspecified atom stereocenters. The van der Waals surface area contributed by atoms with Crippen LogP contribution in [-0.4, -0.2) is 28.4 Å². The van der Waals surface area contributed by atoms with Gasteiger partial charge in [0.05, 0.1) is 7.11 Å². The third-order valence-corrected chi connectivity index (χ3v) is 4.02. The molecule has 1 aromatic heterocycles. The summed E-state index contributed by atoms with van der Waals surface area (Å²) in [5.41, 5.74) is 3.18. The van der Waals surface area contributed by atoms with Crippen molar-refractivity contribution < 1.29 is 9.53 Å². The zero-order valence-electron chi connectivity index (χ0n) is 14.7. The highest BCUT2D eigenvalue weighted by atomic mass is 16.5. The summed E-state index contributed by atoms with van der Waals surface area (Å²) in [6.45, 7) is 2.44. The lowest BCUT2D eigenvalue weighted by Gasteiger charge is -2.09. The van der Waals surface area contributed by atoms with Crippen molar-refractivity contribution in [1.29, 1.82) is 0 Å². The predicted molar refractivity (Wildman–Crippen MR) is 99.6 cm³/mol. The molecule has 0 saturated carbocycles. The number of methoxy groups -OCH3 is 1. The van der Waals surface area contributed by atoms with E-state index < -0.39 is 0 Å². The Balaban J connectivity index is 1.68. The maximum atomic E-state index is 12.5. The van der Waals surface area contributed by atoms with Crippen molar-refractivity contribution in [3.8, 4) is 5.75 Å². The van der Waals surface area contributed by atoms with Gasteiger partial charge in [-0.05, 0) is 30.2 Å². The molecule has 3 N–H and O–H groups in total. The van der Waals surface area contributed by atoms with E-state index in [1.54, 1.807) is 7.11 Å². The number of hydrogen-bond donors (Lipinski definition) is 3. The Bertz CT molecular complexity index is 874. The van der Waals surface area contributed by atoms with Crippen LogP contribution in [0, 0.1) is 0 Å². The number of hydrogen-bond acceptors (Lipinski definition) is 5. The van der Waals surface area contributed by atoms with E-state index in [-0.39, 0.29) is 11.6 Å². The van der Waals surface area contributed by atoms with Gasteiger partial charge in [0.2, 0.25) is 0 Å². The lowest BCUT2D eigenvalue weighted by Crippen LogP contribution is -2.24. The molecule has 7 nitrogen and oxygen atoms in total. The Morgan fingerprint density at radius 2 is 1.88 bits per heavy atom. The molecule has 0 aliphatic carbocycles. The lowest BCUT2D eigenvalue weighted by molar-refractivity contribution is 0.0946. The van der Waals surface area contributed by atoms with Crippen LogP contribution in [0.4, 0.5) is 11.5 Å². The Morgan fingerprint density at radius 1 is 1.12 bits per heavy atom. The number of benzene rings is 2. The van der Waals surface area contributed by atoms with E-state index in [4.69, 9.17) is 4.74 Å². The molecule has 1 heterocycles. The van der Waals surface area contributed by atoms with Gasteiger partial charge in [-0.1, -0.05) is 37.3 Å². The van der Waals surface area contributed by atoms with E-state index >= 15 is 0 Å². The molecule has 3 aromatic rings. The first-order valence-electron chi connectivity index (χ1n) is 8.38. The van der Waals surface area contributed by atoms with E-state index in [9.17, 15) is 4.79 Å².